The van der Waals surface area contributed by atoms with Gasteiger partial charge < -0.3 is 5.11 Å². The number of rotatable bonds is 1. The molecule has 0 aromatic rings. The van der Waals surface area contributed by atoms with Crippen LogP contribution in [0.15, 0.2) is 0 Å². The summed E-state index contributed by atoms with van der Waals surface area (Å²) in [7, 11) is 1.82. The maximum Gasteiger partial charge on any atom is 0.115 e. The van der Waals surface area contributed by atoms with E-state index in [0.29, 0.717) is 0 Å². The van der Waals surface area contributed by atoms with Gasteiger partial charge >= 0.3 is 0 Å². The van der Waals surface area contributed by atoms with Crippen molar-refractivity contribution in [1.29, 1.82) is 0 Å². The molecule has 0 amide bonds. The van der Waals surface area contributed by atoms with Crippen LogP contribution in [0.3, 0.4) is 0 Å². The highest BCUT2D eigenvalue weighted by atomic mass is 35.5. The molecule has 0 aromatic carbocycles. The summed E-state index contributed by atoms with van der Waals surface area (Å²) in [6, 6.07) is 0. The number of nitrogens with one attached hydrogen (secondary N) is 1. The fraction of sp³-hybridized carbons (Fsp3) is 1.00. The summed E-state index contributed by atoms with van der Waals surface area (Å²) < 4.78 is 0. The summed E-state index contributed by atoms with van der Waals surface area (Å²) in [6.07, 6.45) is 5.45. The fourth-order valence-electron chi connectivity index (χ4n) is 1.39. The molecule has 10 heavy (non-hydrogen) atoms. The zero-order valence-electron chi connectivity index (χ0n) is 6.39. The van der Waals surface area contributed by atoms with Crippen LogP contribution in [-0.4, -0.2) is 17.9 Å². The third-order valence-corrected chi connectivity index (χ3v) is 2.15. The van der Waals surface area contributed by atoms with Crippen LogP contribution < -0.4 is 5.32 Å². The summed E-state index contributed by atoms with van der Waals surface area (Å²) in [5, 5.41) is 12.5. The van der Waals surface area contributed by atoms with Crippen molar-refractivity contribution in [2.75, 3.05) is 7.05 Å². The van der Waals surface area contributed by atoms with Gasteiger partial charge in [-0.25, -0.2) is 0 Å². The Morgan fingerprint density at radius 3 is 2.00 bits per heavy atom. The molecule has 0 bridgehead atoms. The standard InChI is InChI=1S/C7H15NO.ClH/c1-8-7(9)5-3-2-4-6-7;/h8-9H,2-6H2,1H3;1H. The molecule has 0 aliphatic heterocycles. The van der Waals surface area contributed by atoms with Crippen molar-refractivity contribution in [1.82, 2.24) is 5.32 Å². The zero-order valence-corrected chi connectivity index (χ0v) is 7.21. The van der Waals surface area contributed by atoms with Crippen molar-refractivity contribution in [2.45, 2.75) is 37.8 Å². The maximum absolute atomic E-state index is 9.57. The van der Waals surface area contributed by atoms with Gasteiger partial charge in [-0.15, -0.1) is 12.4 Å². The van der Waals surface area contributed by atoms with E-state index in [1.54, 1.807) is 0 Å². The number of hydrogen-bond acceptors (Lipinski definition) is 2. The first-order chi connectivity index (χ1) is 4.27. The van der Waals surface area contributed by atoms with Gasteiger partial charge in [0, 0.05) is 0 Å². The van der Waals surface area contributed by atoms with Gasteiger partial charge in [0.05, 0.1) is 0 Å². The van der Waals surface area contributed by atoms with E-state index in [9.17, 15) is 5.11 Å². The number of hydrogen-bond donors (Lipinski definition) is 2. The van der Waals surface area contributed by atoms with Crippen LogP contribution in [0.1, 0.15) is 32.1 Å². The lowest BCUT2D eigenvalue weighted by Gasteiger charge is -2.31. The molecule has 2 N–H and O–H groups in total. The predicted octanol–water partition coefficient (Wildman–Crippen LogP) is 1.28. The van der Waals surface area contributed by atoms with Gasteiger partial charge in [0.25, 0.3) is 0 Å². The second-order valence-electron chi connectivity index (χ2n) is 2.84. The highest BCUT2D eigenvalue weighted by Crippen LogP contribution is 2.24. The second-order valence-corrected chi connectivity index (χ2v) is 2.84. The van der Waals surface area contributed by atoms with Crippen LogP contribution in [0.2, 0.25) is 0 Å². The van der Waals surface area contributed by atoms with Crippen LogP contribution in [0, 0.1) is 0 Å². The van der Waals surface area contributed by atoms with Crippen LogP contribution in [0.25, 0.3) is 0 Å². The summed E-state index contributed by atoms with van der Waals surface area (Å²) >= 11 is 0. The van der Waals surface area contributed by atoms with Crippen LogP contribution >= 0.6 is 12.4 Å². The highest BCUT2D eigenvalue weighted by Gasteiger charge is 2.26. The molecule has 2 nitrogen and oxygen atoms in total. The summed E-state index contributed by atoms with van der Waals surface area (Å²) in [6.45, 7) is 0. The van der Waals surface area contributed by atoms with Crippen molar-refractivity contribution in [3.8, 4) is 0 Å². The molecule has 3 heteroatoms. The lowest BCUT2D eigenvalue weighted by molar-refractivity contribution is -0.0210. The van der Waals surface area contributed by atoms with Crippen molar-refractivity contribution in [3.05, 3.63) is 0 Å². The van der Waals surface area contributed by atoms with Crippen LogP contribution in [0.4, 0.5) is 0 Å². The average Bonchev–Trinajstić information content (AvgIpc) is 1.90. The van der Waals surface area contributed by atoms with Gasteiger partial charge in [0.1, 0.15) is 5.72 Å². The van der Waals surface area contributed by atoms with E-state index in [1.165, 1.54) is 6.42 Å². The Balaban J connectivity index is 0.000000810. The van der Waals surface area contributed by atoms with E-state index >= 15 is 0 Å². The third-order valence-electron chi connectivity index (χ3n) is 2.15. The molecule has 0 radical (unpaired) electrons. The van der Waals surface area contributed by atoms with E-state index in [2.05, 4.69) is 5.32 Å². The molecule has 0 atom stereocenters. The van der Waals surface area contributed by atoms with Crippen molar-refractivity contribution in [2.24, 2.45) is 0 Å². The van der Waals surface area contributed by atoms with Crippen molar-refractivity contribution in [3.63, 3.8) is 0 Å². The topological polar surface area (TPSA) is 32.3 Å². The first kappa shape index (κ1) is 10.2. The zero-order chi connectivity index (χ0) is 6.74. The predicted molar refractivity (Wildman–Crippen MR) is 44.3 cm³/mol. The Labute approximate surface area is 68.4 Å². The summed E-state index contributed by atoms with van der Waals surface area (Å²) in [5.41, 5.74) is -0.530. The van der Waals surface area contributed by atoms with Gasteiger partial charge in [0.15, 0.2) is 0 Å². The summed E-state index contributed by atoms with van der Waals surface area (Å²) in [4.78, 5) is 0. The van der Waals surface area contributed by atoms with E-state index in [4.69, 9.17) is 0 Å². The van der Waals surface area contributed by atoms with Gasteiger partial charge in [-0.1, -0.05) is 6.42 Å². The molecule has 0 saturated heterocycles. The number of halogens is 1. The van der Waals surface area contributed by atoms with Gasteiger partial charge in [0.2, 0.25) is 0 Å². The molecule has 0 heterocycles. The minimum atomic E-state index is -0.530. The minimum Gasteiger partial charge on any atom is -0.376 e. The molecule has 62 valence electrons. The minimum absolute atomic E-state index is 0. The van der Waals surface area contributed by atoms with Crippen molar-refractivity contribution >= 4 is 12.4 Å². The Kier molecular flexibility index (Phi) is 4.25. The molecular weight excluding hydrogens is 150 g/mol. The average molecular weight is 166 g/mol. The fourth-order valence-corrected chi connectivity index (χ4v) is 1.39. The monoisotopic (exact) mass is 165 g/mol. The van der Waals surface area contributed by atoms with Gasteiger partial charge in [-0.3, -0.25) is 5.32 Å². The smallest absolute Gasteiger partial charge is 0.115 e. The highest BCUT2D eigenvalue weighted by molar-refractivity contribution is 5.85. The molecule has 0 spiro atoms. The largest absolute Gasteiger partial charge is 0.376 e. The SMILES string of the molecule is CNC1(O)CCCCC1.Cl. The Morgan fingerprint density at radius 2 is 1.70 bits per heavy atom. The Morgan fingerprint density at radius 1 is 1.20 bits per heavy atom. The molecule has 0 aromatic heterocycles. The van der Waals surface area contributed by atoms with E-state index in [0.717, 1.165) is 25.7 Å². The first-order valence-electron chi connectivity index (χ1n) is 3.68. The third kappa shape index (κ3) is 2.45. The molecule has 1 saturated carbocycles. The lowest BCUT2D eigenvalue weighted by atomic mass is 9.92. The van der Waals surface area contributed by atoms with Crippen molar-refractivity contribution < 1.29 is 5.11 Å². The van der Waals surface area contributed by atoms with E-state index < -0.39 is 5.72 Å². The van der Waals surface area contributed by atoms with Gasteiger partial charge in [-0.2, -0.15) is 0 Å². The summed E-state index contributed by atoms with van der Waals surface area (Å²) in [5.74, 6) is 0. The van der Waals surface area contributed by atoms with Gasteiger partial charge in [-0.05, 0) is 32.7 Å². The Hall–Kier alpha value is 0.210. The first-order valence-corrected chi connectivity index (χ1v) is 3.68. The Bertz CT molecular complexity index is 91.6. The quantitative estimate of drug-likeness (QED) is 0.574. The molecule has 1 fully saturated rings. The molecule has 0 unspecified atom stereocenters. The van der Waals surface area contributed by atoms with E-state index in [1.807, 2.05) is 7.05 Å². The van der Waals surface area contributed by atoms with E-state index in [-0.39, 0.29) is 12.4 Å². The molecule has 1 aliphatic carbocycles. The maximum atomic E-state index is 9.57. The lowest BCUT2D eigenvalue weighted by Crippen LogP contribution is -2.44. The van der Waals surface area contributed by atoms with Crippen LogP contribution in [0.5, 0.6) is 0 Å². The van der Waals surface area contributed by atoms with Crippen LogP contribution in [-0.2, 0) is 0 Å². The molecular formula is C7H16ClNO. The normalized spacial score (nSPS) is 23.4. The molecule has 1 rings (SSSR count). The molecule has 1 aliphatic rings. The number of aliphatic hydroxyl groups is 1. The second kappa shape index (κ2) is 4.16.